The third-order valence-corrected chi connectivity index (χ3v) is 3.97. The van der Waals surface area contributed by atoms with E-state index in [-0.39, 0.29) is 5.41 Å². The Bertz CT molecular complexity index is 355. The van der Waals surface area contributed by atoms with Crippen LogP contribution in [0, 0.1) is 6.92 Å². The summed E-state index contributed by atoms with van der Waals surface area (Å²) in [5, 5.41) is 9.80. The van der Waals surface area contributed by atoms with E-state index in [1.54, 1.807) is 6.92 Å². The van der Waals surface area contributed by atoms with Crippen molar-refractivity contribution >= 4 is 17.3 Å². The predicted octanol–water partition coefficient (Wildman–Crippen LogP) is 2.84. The topological polar surface area (TPSA) is 50.2 Å². The molecular formula is C10H15NO2S. The van der Waals surface area contributed by atoms with Crippen molar-refractivity contribution in [3.8, 4) is 0 Å². The van der Waals surface area contributed by atoms with Gasteiger partial charge in [-0.05, 0) is 13.3 Å². The molecule has 0 saturated carbocycles. The Morgan fingerprint density at radius 1 is 1.57 bits per heavy atom. The summed E-state index contributed by atoms with van der Waals surface area (Å²) in [5.74, 6) is -0.877. The van der Waals surface area contributed by atoms with Gasteiger partial charge >= 0.3 is 5.97 Å². The Morgan fingerprint density at radius 3 is 2.50 bits per heavy atom. The van der Waals surface area contributed by atoms with Crippen LogP contribution in [0.3, 0.4) is 0 Å². The molecule has 0 amide bonds. The Balaban J connectivity index is 3.15. The van der Waals surface area contributed by atoms with E-state index in [2.05, 4.69) is 25.8 Å². The lowest BCUT2D eigenvalue weighted by Crippen LogP contribution is -2.14. The van der Waals surface area contributed by atoms with Crippen LogP contribution in [0.1, 0.15) is 47.6 Å². The van der Waals surface area contributed by atoms with Crippen molar-refractivity contribution in [2.75, 3.05) is 0 Å². The zero-order valence-corrected chi connectivity index (χ0v) is 9.73. The second kappa shape index (κ2) is 3.69. The van der Waals surface area contributed by atoms with Crippen molar-refractivity contribution in [1.82, 2.24) is 4.98 Å². The summed E-state index contributed by atoms with van der Waals surface area (Å²) < 4.78 is 0. The lowest BCUT2D eigenvalue weighted by molar-refractivity contribution is 0.0701. The van der Waals surface area contributed by atoms with Gasteiger partial charge in [-0.2, -0.15) is 0 Å². The lowest BCUT2D eigenvalue weighted by Gasteiger charge is -2.18. The predicted molar refractivity (Wildman–Crippen MR) is 57.1 cm³/mol. The van der Waals surface area contributed by atoms with Crippen molar-refractivity contribution in [3.05, 3.63) is 15.6 Å². The van der Waals surface area contributed by atoms with Gasteiger partial charge in [-0.15, -0.1) is 11.3 Å². The fourth-order valence-electron chi connectivity index (χ4n) is 1.04. The summed E-state index contributed by atoms with van der Waals surface area (Å²) >= 11 is 1.29. The SMILES string of the molecule is CCC(C)(C)c1nc(C)c(C(=O)O)s1. The Kier molecular flexibility index (Phi) is 2.95. The molecule has 3 nitrogen and oxygen atoms in total. The minimum absolute atomic E-state index is 0.0247. The first-order valence-electron chi connectivity index (χ1n) is 4.59. The molecule has 78 valence electrons. The number of rotatable bonds is 3. The minimum atomic E-state index is -0.877. The average molecular weight is 213 g/mol. The summed E-state index contributed by atoms with van der Waals surface area (Å²) in [6, 6.07) is 0. The van der Waals surface area contributed by atoms with Crippen LogP contribution in [0.15, 0.2) is 0 Å². The third-order valence-electron chi connectivity index (χ3n) is 2.45. The number of carboxylic acids is 1. The van der Waals surface area contributed by atoms with Crippen LogP contribution in [0.4, 0.5) is 0 Å². The number of hydrogen-bond donors (Lipinski definition) is 1. The highest BCUT2D eigenvalue weighted by Crippen LogP contribution is 2.31. The molecular weight excluding hydrogens is 198 g/mol. The summed E-state index contributed by atoms with van der Waals surface area (Å²) in [6.07, 6.45) is 0.957. The average Bonchev–Trinajstić information content (AvgIpc) is 2.48. The maximum atomic E-state index is 10.8. The molecule has 0 saturated heterocycles. The van der Waals surface area contributed by atoms with E-state index in [0.717, 1.165) is 11.4 Å². The molecule has 1 N–H and O–H groups in total. The molecule has 1 rings (SSSR count). The molecule has 1 heterocycles. The van der Waals surface area contributed by atoms with Crippen LogP contribution < -0.4 is 0 Å². The second-order valence-corrected chi connectivity index (χ2v) is 4.98. The van der Waals surface area contributed by atoms with Gasteiger partial charge in [0, 0.05) is 5.41 Å². The molecule has 1 aromatic heterocycles. The van der Waals surface area contributed by atoms with Gasteiger partial charge < -0.3 is 5.11 Å². The van der Waals surface area contributed by atoms with Crippen molar-refractivity contribution in [2.45, 2.75) is 39.5 Å². The number of aryl methyl sites for hydroxylation is 1. The normalized spacial score (nSPS) is 11.7. The van der Waals surface area contributed by atoms with E-state index in [4.69, 9.17) is 5.11 Å². The van der Waals surface area contributed by atoms with Crippen LogP contribution >= 0.6 is 11.3 Å². The third kappa shape index (κ3) is 1.95. The molecule has 0 atom stereocenters. The van der Waals surface area contributed by atoms with Crippen LogP contribution in [-0.4, -0.2) is 16.1 Å². The molecule has 1 aromatic rings. The number of nitrogens with zero attached hydrogens (tertiary/aromatic N) is 1. The Morgan fingerprint density at radius 2 is 2.14 bits per heavy atom. The Labute approximate surface area is 87.8 Å². The molecule has 0 aliphatic carbocycles. The van der Waals surface area contributed by atoms with Gasteiger partial charge in [0.1, 0.15) is 4.88 Å². The van der Waals surface area contributed by atoms with Crippen molar-refractivity contribution in [1.29, 1.82) is 0 Å². The first-order valence-corrected chi connectivity index (χ1v) is 5.41. The lowest BCUT2D eigenvalue weighted by atomic mass is 9.91. The fourth-order valence-corrected chi connectivity index (χ4v) is 2.11. The van der Waals surface area contributed by atoms with Crippen molar-refractivity contribution in [2.24, 2.45) is 0 Å². The van der Waals surface area contributed by atoms with Crippen LogP contribution in [0.25, 0.3) is 0 Å². The van der Waals surface area contributed by atoms with Gasteiger partial charge in [0.25, 0.3) is 0 Å². The molecule has 0 aromatic carbocycles. The molecule has 0 aliphatic heterocycles. The highest BCUT2D eigenvalue weighted by Gasteiger charge is 2.25. The standard InChI is InChI=1S/C10H15NO2S/c1-5-10(3,4)9-11-6(2)7(14-9)8(12)13/h5H2,1-4H3,(H,12,13). The van der Waals surface area contributed by atoms with Crippen LogP contribution in [0.2, 0.25) is 0 Å². The monoisotopic (exact) mass is 213 g/mol. The van der Waals surface area contributed by atoms with Gasteiger partial charge in [-0.3, -0.25) is 0 Å². The molecule has 0 spiro atoms. The van der Waals surface area contributed by atoms with Crippen molar-refractivity contribution < 1.29 is 9.90 Å². The number of aromatic nitrogens is 1. The molecule has 0 fully saturated rings. The molecule has 4 heteroatoms. The number of thiazole rings is 1. The van der Waals surface area contributed by atoms with Gasteiger partial charge in [0.15, 0.2) is 0 Å². The molecule has 0 radical (unpaired) electrons. The Hall–Kier alpha value is -0.900. The van der Waals surface area contributed by atoms with E-state index >= 15 is 0 Å². The maximum absolute atomic E-state index is 10.8. The molecule has 0 aliphatic rings. The number of carbonyl (C=O) groups is 1. The second-order valence-electron chi connectivity index (χ2n) is 3.98. The first kappa shape index (κ1) is 11.2. The molecule has 14 heavy (non-hydrogen) atoms. The van der Waals surface area contributed by atoms with Gasteiger partial charge in [-0.1, -0.05) is 20.8 Å². The van der Waals surface area contributed by atoms with Gasteiger partial charge in [0.05, 0.1) is 10.7 Å². The highest BCUT2D eigenvalue weighted by atomic mass is 32.1. The van der Waals surface area contributed by atoms with Crippen molar-refractivity contribution in [3.63, 3.8) is 0 Å². The number of aromatic carboxylic acids is 1. The highest BCUT2D eigenvalue weighted by molar-refractivity contribution is 7.13. The van der Waals surface area contributed by atoms with E-state index in [9.17, 15) is 4.79 Å². The number of carboxylic acid groups (broad SMARTS) is 1. The zero-order valence-electron chi connectivity index (χ0n) is 8.92. The maximum Gasteiger partial charge on any atom is 0.347 e. The van der Waals surface area contributed by atoms with Crippen LogP contribution in [-0.2, 0) is 5.41 Å². The van der Waals surface area contributed by atoms with Crippen LogP contribution in [0.5, 0.6) is 0 Å². The summed E-state index contributed by atoms with van der Waals surface area (Å²) in [7, 11) is 0. The quantitative estimate of drug-likeness (QED) is 0.840. The van der Waals surface area contributed by atoms with Gasteiger partial charge in [0.2, 0.25) is 0 Å². The number of hydrogen-bond acceptors (Lipinski definition) is 3. The van der Waals surface area contributed by atoms with E-state index in [0.29, 0.717) is 10.6 Å². The van der Waals surface area contributed by atoms with E-state index in [1.807, 2.05) is 0 Å². The van der Waals surface area contributed by atoms with Gasteiger partial charge in [-0.25, -0.2) is 9.78 Å². The fraction of sp³-hybridized carbons (Fsp3) is 0.600. The smallest absolute Gasteiger partial charge is 0.347 e. The summed E-state index contributed by atoms with van der Waals surface area (Å²) in [5.41, 5.74) is 0.599. The largest absolute Gasteiger partial charge is 0.477 e. The van der Waals surface area contributed by atoms with E-state index in [1.165, 1.54) is 11.3 Å². The zero-order chi connectivity index (χ0) is 10.9. The van der Waals surface area contributed by atoms with E-state index < -0.39 is 5.97 Å². The first-order chi connectivity index (χ1) is 6.38. The molecule has 0 unspecified atom stereocenters. The summed E-state index contributed by atoms with van der Waals surface area (Å²) in [6.45, 7) is 7.99. The molecule has 0 bridgehead atoms. The minimum Gasteiger partial charge on any atom is -0.477 e. The summed E-state index contributed by atoms with van der Waals surface area (Å²) in [4.78, 5) is 15.5.